The highest BCUT2D eigenvalue weighted by atomic mass is 16.7. The first-order valence-corrected chi connectivity index (χ1v) is 14.0. The zero-order chi connectivity index (χ0) is 29.1. The maximum atomic E-state index is 14.1. The van der Waals surface area contributed by atoms with E-state index < -0.39 is 47.9 Å². The molecule has 3 saturated heterocycles. The first kappa shape index (κ1) is 27.7. The molecule has 0 saturated carbocycles. The summed E-state index contributed by atoms with van der Waals surface area (Å²) in [5.74, 6) is -2.51. The van der Waals surface area contributed by atoms with Crippen molar-refractivity contribution in [2.45, 2.75) is 43.5 Å². The Bertz CT molecular complexity index is 1440. The lowest BCUT2D eigenvalue weighted by molar-refractivity contribution is -0.222. The molecular formula is C33H32N2O7. The summed E-state index contributed by atoms with van der Waals surface area (Å²) in [6, 6.07) is 25.1. The molecule has 0 aliphatic carbocycles. The van der Waals surface area contributed by atoms with Crippen LogP contribution in [0.25, 0.3) is 6.08 Å². The molecule has 2 amide bonds. The van der Waals surface area contributed by atoms with Crippen LogP contribution in [0.15, 0.2) is 97.1 Å². The Hall–Kier alpha value is -4.47. The van der Waals surface area contributed by atoms with E-state index in [1.165, 1.54) is 9.80 Å². The Labute approximate surface area is 244 Å². The Morgan fingerprint density at radius 1 is 0.952 bits per heavy atom. The second kappa shape index (κ2) is 11.8. The smallest absolute Gasteiger partial charge is 0.411 e. The Kier molecular flexibility index (Phi) is 7.78. The summed E-state index contributed by atoms with van der Waals surface area (Å²) in [5, 5.41) is 0. The van der Waals surface area contributed by atoms with E-state index in [1.54, 1.807) is 6.92 Å². The van der Waals surface area contributed by atoms with Gasteiger partial charge in [0, 0.05) is 0 Å². The predicted molar refractivity (Wildman–Crippen MR) is 153 cm³/mol. The van der Waals surface area contributed by atoms with Crippen LogP contribution in [0.4, 0.5) is 4.79 Å². The molecule has 3 fully saturated rings. The van der Waals surface area contributed by atoms with Gasteiger partial charge in [0.2, 0.25) is 5.91 Å². The SMILES string of the molecule is CC1(C(C(=O)OCc2ccccc2)N2C(=O)[C@@H](N3C(=O)OC[C@@H]3c3ccccc3)[C@H]2/C=C/c2ccccc2)OCCO1. The number of esters is 1. The molecule has 0 spiro atoms. The Morgan fingerprint density at radius 3 is 2.24 bits per heavy atom. The summed E-state index contributed by atoms with van der Waals surface area (Å²) in [6.45, 7) is 2.32. The fourth-order valence-electron chi connectivity index (χ4n) is 5.82. The third-order valence-corrected chi connectivity index (χ3v) is 7.92. The maximum Gasteiger partial charge on any atom is 0.411 e. The summed E-state index contributed by atoms with van der Waals surface area (Å²) >= 11 is 0. The number of carbonyl (C=O) groups is 3. The molecule has 216 valence electrons. The van der Waals surface area contributed by atoms with Gasteiger partial charge in [0.25, 0.3) is 0 Å². The van der Waals surface area contributed by atoms with E-state index in [4.69, 9.17) is 18.9 Å². The molecule has 0 radical (unpaired) electrons. The number of cyclic esters (lactones) is 1. The third-order valence-electron chi connectivity index (χ3n) is 7.92. The molecule has 0 bridgehead atoms. The molecule has 3 heterocycles. The average Bonchev–Trinajstić information content (AvgIpc) is 3.63. The van der Waals surface area contributed by atoms with Crippen molar-refractivity contribution in [3.05, 3.63) is 114 Å². The summed E-state index contributed by atoms with van der Waals surface area (Å²) in [7, 11) is 0. The zero-order valence-corrected chi connectivity index (χ0v) is 23.2. The molecule has 42 heavy (non-hydrogen) atoms. The van der Waals surface area contributed by atoms with Crippen molar-refractivity contribution in [3.8, 4) is 0 Å². The number of amides is 2. The van der Waals surface area contributed by atoms with Crippen LogP contribution in [0.5, 0.6) is 0 Å². The van der Waals surface area contributed by atoms with Gasteiger partial charge in [0.1, 0.15) is 19.3 Å². The van der Waals surface area contributed by atoms with E-state index in [0.717, 1.165) is 16.7 Å². The fraction of sp³-hybridized carbons (Fsp3) is 0.303. The number of hydrogen-bond acceptors (Lipinski definition) is 7. The third kappa shape index (κ3) is 5.29. The van der Waals surface area contributed by atoms with Gasteiger partial charge in [-0.1, -0.05) is 103 Å². The van der Waals surface area contributed by atoms with Crippen LogP contribution in [0.1, 0.15) is 29.7 Å². The summed E-state index contributed by atoms with van der Waals surface area (Å²) in [5.41, 5.74) is 2.57. The molecule has 1 unspecified atom stereocenters. The molecule has 3 aliphatic heterocycles. The lowest BCUT2D eigenvalue weighted by Gasteiger charge is -2.54. The van der Waals surface area contributed by atoms with Crippen LogP contribution in [0, 0.1) is 0 Å². The molecule has 3 aromatic rings. The van der Waals surface area contributed by atoms with Gasteiger partial charge in [-0.2, -0.15) is 0 Å². The van der Waals surface area contributed by atoms with Gasteiger partial charge < -0.3 is 23.8 Å². The minimum absolute atomic E-state index is 0.0246. The van der Waals surface area contributed by atoms with Crippen LogP contribution in [0.3, 0.4) is 0 Å². The molecule has 9 heteroatoms. The first-order chi connectivity index (χ1) is 20.5. The van der Waals surface area contributed by atoms with Crippen molar-refractivity contribution in [1.29, 1.82) is 0 Å². The van der Waals surface area contributed by atoms with Gasteiger partial charge in [-0.05, 0) is 23.6 Å². The van der Waals surface area contributed by atoms with Crippen molar-refractivity contribution in [3.63, 3.8) is 0 Å². The van der Waals surface area contributed by atoms with Gasteiger partial charge >= 0.3 is 12.1 Å². The number of hydrogen-bond donors (Lipinski definition) is 0. The van der Waals surface area contributed by atoms with Crippen molar-refractivity contribution in [2.75, 3.05) is 19.8 Å². The molecule has 9 nitrogen and oxygen atoms in total. The van der Waals surface area contributed by atoms with E-state index in [-0.39, 0.29) is 26.4 Å². The minimum Gasteiger partial charge on any atom is -0.459 e. The lowest BCUT2D eigenvalue weighted by atomic mass is 9.86. The van der Waals surface area contributed by atoms with E-state index in [9.17, 15) is 14.4 Å². The number of nitrogens with zero attached hydrogens (tertiary/aromatic N) is 2. The highest BCUT2D eigenvalue weighted by Gasteiger charge is 2.63. The van der Waals surface area contributed by atoms with Crippen molar-refractivity contribution >= 4 is 24.0 Å². The first-order valence-electron chi connectivity index (χ1n) is 14.0. The van der Waals surface area contributed by atoms with Crippen LogP contribution < -0.4 is 0 Å². The summed E-state index contributed by atoms with van der Waals surface area (Å²) in [4.78, 5) is 43.9. The Balaban J connectivity index is 1.35. The normalized spacial score (nSPS) is 24.0. The zero-order valence-electron chi connectivity index (χ0n) is 23.2. The van der Waals surface area contributed by atoms with Crippen molar-refractivity contribution in [2.24, 2.45) is 0 Å². The topological polar surface area (TPSA) is 94.6 Å². The Morgan fingerprint density at radius 2 is 1.57 bits per heavy atom. The highest BCUT2D eigenvalue weighted by Crippen LogP contribution is 2.41. The van der Waals surface area contributed by atoms with E-state index in [2.05, 4.69) is 0 Å². The largest absolute Gasteiger partial charge is 0.459 e. The molecule has 4 atom stereocenters. The van der Waals surface area contributed by atoms with Gasteiger partial charge in [0.05, 0.1) is 25.3 Å². The van der Waals surface area contributed by atoms with E-state index in [1.807, 2.05) is 103 Å². The number of rotatable bonds is 9. The number of carbonyl (C=O) groups excluding carboxylic acids is 3. The van der Waals surface area contributed by atoms with Crippen LogP contribution >= 0.6 is 0 Å². The second-order valence-electron chi connectivity index (χ2n) is 10.6. The molecule has 6 rings (SSSR count). The predicted octanol–water partition coefficient (Wildman–Crippen LogP) is 4.35. The maximum absolute atomic E-state index is 14.1. The number of ether oxygens (including phenoxy) is 4. The van der Waals surface area contributed by atoms with Crippen LogP contribution in [-0.2, 0) is 35.1 Å². The van der Waals surface area contributed by atoms with Gasteiger partial charge in [-0.25, -0.2) is 9.59 Å². The average molecular weight is 569 g/mol. The van der Waals surface area contributed by atoms with Gasteiger partial charge in [-0.15, -0.1) is 0 Å². The van der Waals surface area contributed by atoms with Crippen molar-refractivity contribution < 1.29 is 33.3 Å². The minimum atomic E-state index is -1.43. The summed E-state index contributed by atoms with van der Waals surface area (Å²) in [6.07, 6.45) is 3.13. The molecular weight excluding hydrogens is 536 g/mol. The second-order valence-corrected chi connectivity index (χ2v) is 10.6. The lowest BCUT2D eigenvalue weighted by Crippen LogP contribution is -2.76. The highest BCUT2D eigenvalue weighted by molar-refractivity contribution is 5.97. The van der Waals surface area contributed by atoms with E-state index >= 15 is 0 Å². The molecule has 3 aliphatic rings. The quantitative estimate of drug-likeness (QED) is 0.280. The fourth-order valence-corrected chi connectivity index (χ4v) is 5.82. The van der Waals surface area contributed by atoms with Gasteiger partial charge in [-0.3, -0.25) is 9.69 Å². The van der Waals surface area contributed by atoms with Crippen LogP contribution in [-0.4, -0.2) is 71.5 Å². The monoisotopic (exact) mass is 568 g/mol. The number of β-lactam (4-membered cyclic amide) rings is 1. The standard InChI is InChI=1S/C33H32N2O7/c1-33(41-19-20-42-33)29(31(37)39-21-24-13-7-3-8-14-24)35-26(18-17-23-11-5-2-6-12-23)28(30(35)36)34-27(22-40-32(34)38)25-15-9-4-10-16-25/h2-18,26-29H,19-22H2,1H3/b18-17+/t26-,27-,28+,29?/m1/s1. The van der Waals surface area contributed by atoms with E-state index in [0.29, 0.717) is 0 Å². The van der Waals surface area contributed by atoms with Gasteiger partial charge in [0.15, 0.2) is 11.8 Å². The van der Waals surface area contributed by atoms with Crippen LogP contribution in [0.2, 0.25) is 0 Å². The van der Waals surface area contributed by atoms with Crippen molar-refractivity contribution in [1.82, 2.24) is 9.80 Å². The molecule has 0 aromatic heterocycles. The number of benzene rings is 3. The molecule has 3 aromatic carbocycles. The molecule has 0 N–H and O–H groups in total. The number of likely N-dealkylation sites (tertiary alicyclic amines) is 1. The summed E-state index contributed by atoms with van der Waals surface area (Å²) < 4.78 is 23.0.